The van der Waals surface area contributed by atoms with Crippen LogP contribution in [0.2, 0.25) is 0 Å². The van der Waals surface area contributed by atoms with Gasteiger partial charge in [-0.2, -0.15) is 8.78 Å². The van der Waals surface area contributed by atoms with Gasteiger partial charge in [-0.25, -0.2) is 0 Å². The quantitative estimate of drug-likeness (QED) is 0.207. The second-order valence-electron chi connectivity index (χ2n) is 13.2. The SMILES string of the molecule is CC(=O)CC(C)C.CC(C)NC(=O)C(C)(F)F.CC(C)NC(=O)CN(C)C.CCCC(=O)CC(C)C.COCC(=O)CC(C)C. The summed E-state index contributed by atoms with van der Waals surface area (Å²) in [6.45, 7) is 24.4. The zero-order valence-electron chi connectivity index (χ0n) is 31.5. The van der Waals surface area contributed by atoms with Crippen LogP contribution in [0.4, 0.5) is 8.78 Å². The normalized spacial score (nSPS) is 10.6. The summed E-state index contributed by atoms with van der Waals surface area (Å²) in [6, 6.07) is 0.00535. The molecule has 0 fully saturated rings. The largest absolute Gasteiger partial charge is 0.377 e. The fourth-order valence-corrected chi connectivity index (χ4v) is 3.13. The fourth-order valence-electron chi connectivity index (χ4n) is 3.13. The van der Waals surface area contributed by atoms with Crippen LogP contribution in [-0.4, -0.2) is 86.4 Å². The molecule has 0 spiro atoms. The van der Waals surface area contributed by atoms with Crippen molar-refractivity contribution in [3.8, 4) is 0 Å². The van der Waals surface area contributed by atoms with E-state index in [1.807, 2.05) is 67.5 Å². The lowest BCUT2D eigenvalue weighted by atomic mass is 10.0. The van der Waals surface area contributed by atoms with Gasteiger partial charge in [0.05, 0.1) is 6.54 Å². The molecule has 0 aromatic carbocycles. The van der Waals surface area contributed by atoms with Crippen molar-refractivity contribution in [3.05, 3.63) is 0 Å². The van der Waals surface area contributed by atoms with Crippen LogP contribution in [-0.2, 0) is 28.7 Å². The van der Waals surface area contributed by atoms with E-state index in [-0.39, 0.29) is 36.2 Å². The molecule has 9 nitrogen and oxygen atoms in total. The summed E-state index contributed by atoms with van der Waals surface area (Å²) in [4.78, 5) is 55.0. The number of nitrogens with zero attached hydrogens (tertiary/aromatic N) is 1. The highest BCUT2D eigenvalue weighted by molar-refractivity contribution is 5.83. The number of methoxy groups -OCH3 is 1. The summed E-state index contributed by atoms with van der Waals surface area (Å²) in [5, 5.41) is 4.89. The number of carbonyl (C=O) groups excluding carboxylic acids is 5. The van der Waals surface area contributed by atoms with E-state index in [2.05, 4.69) is 29.2 Å². The highest BCUT2D eigenvalue weighted by Crippen LogP contribution is 2.11. The van der Waals surface area contributed by atoms with Crippen molar-refractivity contribution in [2.45, 2.75) is 140 Å². The van der Waals surface area contributed by atoms with Crippen LogP contribution < -0.4 is 10.6 Å². The van der Waals surface area contributed by atoms with Gasteiger partial charge in [0.15, 0.2) is 5.78 Å². The third-order valence-corrected chi connectivity index (χ3v) is 4.53. The first-order valence-corrected chi connectivity index (χ1v) is 16.0. The number of rotatable bonds is 15. The predicted molar refractivity (Wildman–Crippen MR) is 182 cm³/mol. The number of ketones is 3. The van der Waals surface area contributed by atoms with Crippen LogP contribution >= 0.6 is 0 Å². The maximum atomic E-state index is 12.1. The maximum Gasteiger partial charge on any atom is 0.321 e. The molecular weight excluding hydrogens is 584 g/mol. The third-order valence-electron chi connectivity index (χ3n) is 4.53. The Hall–Kier alpha value is -2.27. The molecule has 0 rings (SSSR count). The number of ether oxygens (including phenoxy) is 1. The Morgan fingerprint density at radius 2 is 1.13 bits per heavy atom. The van der Waals surface area contributed by atoms with Gasteiger partial charge in [-0.1, -0.05) is 48.5 Å². The van der Waals surface area contributed by atoms with Gasteiger partial charge in [-0.15, -0.1) is 0 Å². The number of carbonyl (C=O) groups is 5. The number of hydrogen-bond donors (Lipinski definition) is 2. The molecule has 11 heteroatoms. The molecule has 0 radical (unpaired) electrons. The lowest BCUT2D eigenvalue weighted by molar-refractivity contribution is -0.143. The lowest BCUT2D eigenvalue weighted by Crippen LogP contribution is -2.41. The Morgan fingerprint density at radius 1 is 0.733 bits per heavy atom. The van der Waals surface area contributed by atoms with Gasteiger partial charge in [0.1, 0.15) is 18.2 Å². The summed E-state index contributed by atoms with van der Waals surface area (Å²) in [6.07, 6.45) is 3.87. The molecule has 0 aromatic heterocycles. The van der Waals surface area contributed by atoms with E-state index in [0.29, 0.717) is 43.4 Å². The predicted octanol–water partition coefficient (Wildman–Crippen LogP) is 6.51. The van der Waals surface area contributed by atoms with Crippen molar-refractivity contribution in [3.63, 3.8) is 0 Å². The average Bonchev–Trinajstić information content (AvgIpc) is 2.77. The molecule has 0 bridgehead atoms. The molecule has 0 atom stereocenters. The molecule has 0 aliphatic heterocycles. The van der Waals surface area contributed by atoms with Crippen LogP contribution in [0.25, 0.3) is 0 Å². The van der Waals surface area contributed by atoms with E-state index in [1.165, 1.54) is 7.11 Å². The summed E-state index contributed by atoms with van der Waals surface area (Å²) >= 11 is 0. The number of amides is 2. The molecule has 2 N–H and O–H groups in total. The van der Waals surface area contributed by atoms with Crippen molar-refractivity contribution in [2.24, 2.45) is 17.8 Å². The molecule has 0 heterocycles. The number of alkyl halides is 2. The zero-order chi connectivity index (χ0) is 36.9. The second-order valence-corrected chi connectivity index (χ2v) is 13.2. The minimum absolute atomic E-state index is 0.0833. The van der Waals surface area contributed by atoms with Gasteiger partial charge < -0.3 is 25.1 Å². The second kappa shape index (κ2) is 31.7. The maximum absolute atomic E-state index is 12.1. The van der Waals surface area contributed by atoms with Crippen molar-refractivity contribution < 1.29 is 37.5 Å². The average molecular weight is 654 g/mol. The van der Waals surface area contributed by atoms with Gasteiger partial charge in [0.25, 0.3) is 5.91 Å². The van der Waals surface area contributed by atoms with Crippen molar-refractivity contribution in [1.82, 2.24) is 15.5 Å². The molecule has 0 aliphatic rings. The topological polar surface area (TPSA) is 122 Å². The Bertz CT molecular complexity index is 742. The summed E-state index contributed by atoms with van der Waals surface area (Å²) in [5.41, 5.74) is 0. The smallest absolute Gasteiger partial charge is 0.321 e. The molecule has 270 valence electrons. The van der Waals surface area contributed by atoms with Crippen molar-refractivity contribution >= 4 is 29.2 Å². The van der Waals surface area contributed by atoms with Crippen LogP contribution in [0, 0.1) is 17.8 Å². The Labute approximate surface area is 274 Å². The van der Waals surface area contributed by atoms with Gasteiger partial charge in [0.2, 0.25) is 5.91 Å². The van der Waals surface area contributed by atoms with Gasteiger partial charge >= 0.3 is 5.92 Å². The molecule has 0 aromatic rings. The van der Waals surface area contributed by atoms with E-state index in [1.54, 1.807) is 20.8 Å². The summed E-state index contributed by atoms with van der Waals surface area (Å²) in [5.74, 6) is -2.00. The first-order valence-electron chi connectivity index (χ1n) is 16.0. The molecule has 0 saturated heterocycles. The van der Waals surface area contributed by atoms with Gasteiger partial charge in [-0.3, -0.25) is 19.2 Å². The number of likely N-dealkylation sites (N-methyl/N-ethyl adjacent to an activating group) is 1. The number of hydrogen-bond acceptors (Lipinski definition) is 7. The zero-order valence-corrected chi connectivity index (χ0v) is 31.5. The number of halogens is 2. The summed E-state index contributed by atoms with van der Waals surface area (Å²) < 4.78 is 28.8. The Balaban J connectivity index is -0.000000149. The minimum Gasteiger partial charge on any atom is -0.377 e. The van der Waals surface area contributed by atoms with Crippen LogP contribution in [0.5, 0.6) is 0 Å². The Morgan fingerprint density at radius 3 is 1.36 bits per heavy atom. The van der Waals surface area contributed by atoms with E-state index in [4.69, 9.17) is 0 Å². The van der Waals surface area contributed by atoms with E-state index < -0.39 is 11.8 Å². The standard InChI is InChI=1S/C8H16O.C7H16N2O.C7H14O2.C6H11F2NO.C6H12O/c1-4-5-8(9)6-7(2)3;1-6(2)8-7(10)5-9(3)4;1-6(2)4-7(8)5-9-3;1-4(2)9-5(10)6(3,7)8;1-5(2)4-6(3)7/h7H,4-6H2,1-3H3;6H,5H2,1-4H3,(H,8,10);6H,4-5H2,1-3H3;4H,1-3H3,(H,9,10);5H,4H2,1-3H3. The van der Waals surface area contributed by atoms with Crippen molar-refractivity contribution in [1.29, 1.82) is 0 Å². The number of nitrogens with one attached hydrogen (secondary N) is 2. The first kappa shape index (κ1) is 52.3. The van der Waals surface area contributed by atoms with E-state index in [0.717, 1.165) is 25.7 Å². The van der Waals surface area contributed by atoms with Crippen LogP contribution in [0.1, 0.15) is 122 Å². The highest BCUT2D eigenvalue weighted by atomic mass is 19.3. The van der Waals surface area contributed by atoms with Crippen molar-refractivity contribution in [2.75, 3.05) is 34.4 Å². The highest BCUT2D eigenvalue weighted by Gasteiger charge is 2.32. The molecule has 0 aliphatic carbocycles. The van der Waals surface area contributed by atoms with Gasteiger partial charge in [-0.05, 0) is 72.9 Å². The molecular formula is C34H69F2N3O6. The Kier molecular flexibility index (Phi) is 36.8. The molecule has 2 amide bonds. The monoisotopic (exact) mass is 654 g/mol. The molecule has 0 unspecified atom stereocenters. The van der Waals surface area contributed by atoms with Crippen LogP contribution in [0.15, 0.2) is 0 Å². The number of Topliss-reactive ketones (excluding diaryl/α,β-unsaturated/α-hetero) is 3. The first-order chi connectivity index (χ1) is 20.3. The van der Waals surface area contributed by atoms with Gasteiger partial charge in [0, 0.05) is 51.8 Å². The van der Waals surface area contributed by atoms with E-state index in [9.17, 15) is 32.8 Å². The third kappa shape index (κ3) is 57.9. The van der Waals surface area contributed by atoms with Crippen LogP contribution in [0.3, 0.4) is 0 Å². The lowest BCUT2D eigenvalue weighted by Gasteiger charge is -2.12. The minimum atomic E-state index is -3.26. The van der Waals surface area contributed by atoms with E-state index >= 15 is 0 Å². The molecule has 0 saturated carbocycles. The molecule has 45 heavy (non-hydrogen) atoms. The fraction of sp³-hybridized carbons (Fsp3) is 0.853. The summed E-state index contributed by atoms with van der Waals surface area (Å²) in [7, 11) is 5.29.